The van der Waals surface area contributed by atoms with Crippen LogP contribution >= 0.6 is 23.6 Å². The molecule has 0 bridgehead atoms. The van der Waals surface area contributed by atoms with Gasteiger partial charge in [-0.15, -0.1) is 0 Å². The van der Waals surface area contributed by atoms with Gasteiger partial charge in [0.25, 0.3) is 5.91 Å². The number of hydrogen-bond acceptors (Lipinski definition) is 4. The number of aromatic nitrogens is 1. The van der Waals surface area contributed by atoms with E-state index in [0.29, 0.717) is 5.13 Å². The van der Waals surface area contributed by atoms with E-state index >= 15 is 0 Å². The van der Waals surface area contributed by atoms with Gasteiger partial charge in [0.15, 0.2) is 10.2 Å². The summed E-state index contributed by atoms with van der Waals surface area (Å²) in [5.41, 5.74) is 3.36. The third kappa shape index (κ3) is 3.58. The van der Waals surface area contributed by atoms with E-state index in [1.165, 1.54) is 29.5 Å². The Morgan fingerprint density at radius 1 is 1.25 bits per heavy atom. The van der Waals surface area contributed by atoms with Crippen molar-refractivity contribution in [3.05, 3.63) is 58.9 Å². The molecule has 0 spiro atoms. The summed E-state index contributed by atoms with van der Waals surface area (Å²) in [4.78, 5) is 16.5. The molecule has 0 saturated carbocycles. The van der Waals surface area contributed by atoms with E-state index in [1.807, 2.05) is 13.8 Å². The summed E-state index contributed by atoms with van der Waals surface area (Å²) >= 11 is 6.60. The number of thiocarbonyl (C=S) groups is 1. The van der Waals surface area contributed by atoms with Crippen molar-refractivity contribution >= 4 is 49.9 Å². The summed E-state index contributed by atoms with van der Waals surface area (Å²) in [5.74, 6) is -0.946. The second-order valence-corrected chi connectivity index (χ2v) is 6.81. The zero-order valence-corrected chi connectivity index (χ0v) is 14.6. The summed E-state index contributed by atoms with van der Waals surface area (Å²) in [5, 5.41) is 6.15. The van der Waals surface area contributed by atoms with Crippen molar-refractivity contribution in [2.45, 2.75) is 13.8 Å². The van der Waals surface area contributed by atoms with Crippen molar-refractivity contribution in [1.29, 1.82) is 0 Å². The predicted octanol–water partition coefficient (Wildman–Crippen LogP) is 4.18. The highest BCUT2D eigenvalue weighted by Gasteiger charge is 2.11. The average Bonchev–Trinajstić information content (AvgIpc) is 2.89. The molecule has 0 aliphatic heterocycles. The molecule has 1 heterocycles. The molecule has 3 aromatic rings. The molecule has 2 aromatic carbocycles. The van der Waals surface area contributed by atoms with Crippen LogP contribution in [0.25, 0.3) is 10.2 Å². The van der Waals surface area contributed by atoms with Gasteiger partial charge in [0.2, 0.25) is 0 Å². The number of rotatable bonds is 2. The smallest absolute Gasteiger partial charge is 0.257 e. The lowest BCUT2D eigenvalue weighted by Gasteiger charge is -2.07. The Kier molecular flexibility index (Phi) is 4.55. The monoisotopic (exact) mass is 359 g/mol. The second kappa shape index (κ2) is 6.62. The lowest BCUT2D eigenvalue weighted by molar-refractivity contribution is 0.0977. The largest absolute Gasteiger partial charge is 0.308 e. The van der Waals surface area contributed by atoms with Crippen LogP contribution in [-0.2, 0) is 0 Å². The van der Waals surface area contributed by atoms with Gasteiger partial charge in [0.05, 0.1) is 10.2 Å². The van der Waals surface area contributed by atoms with Crippen LogP contribution in [-0.4, -0.2) is 16.0 Å². The first-order valence-electron chi connectivity index (χ1n) is 7.18. The van der Waals surface area contributed by atoms with Crippen LogP contribution in [0.5, 0.6) is 0 Å². The fourth-order valence-corrected chi connectivity index (χ4v) is 3.66. The Morgan fingerprint density at radius 3 is 2.79 bits per heavy atom. The molecule has 2 N–H and O–H groups in total. The molecule has 122 valence electrons. The van der Waals surface area contributed by atoms with Crippen molar-refractivity contribution in [2.75, 3.05) is 5.32 Å². The van der Waals surface area contributed by atoms with E-state index in [9.17, 15) is 9.18 Å². The summed E-state index contributed by atoms with van der Waals surface area (Å²) in [6.45, 7) is 4.03. The zero-order chi connectivity index (χ0) is 17.3. The minimum Gasteiger partial charge on any atom is -0.308 e. The lowest BCUT2D eigenvalue weighted by atomic mass is 10.1. The zero-order valence-electron chi connectivity index (χ0n) is 13.0. The summed E-state index contributed by atoms with van der Waals surface area (Å²) in [7, 11) is 0. The van der Waals surface area contributed by atoms with E-state index in [-0.39, 0.29) is 10.7 Å². The highest BCUT2D eigenvalue weighted by molar-refractivity contribution is 7.80. The molecule has 0 saturated heterocycles. The molecule has 24 heavy (non-hydrogen) atoms. The number of aryl methyl sites for hydroxylation is 2. The fourth-order valence-electron chi connectivity index (χ4n) is 2.36. The minimum atomic E-state index is -0.474. The number of hydrogen-bond donors (Lipinski definition) is 2. The Balaban J connectivity index is 1.73. The second-order valence-electron chi connectivity index (χ2n) is 5.37. The number of amides is 1. The molecule has 0 atom stereocenters. The normalized spacial score (nSPS) is 10.6. The van der Waals surface area contributed by atoms with E-state index in [0.717, 1.165) is 27.4 Å². The molecule has 0 fully saturated rings. The number of benzene rings is 2. The molecule has 0 unspecified atom stereocenters. The van der Waals surface area contributed by atoms with Gasteiger partial charge in [0, 0.05) is 5.56 Å². The maximum atomic E-state index is 13.2. The first-order chi connectivity index (χ1) is 11.4. The van der Waals surface area contributed by atoms with Gasteiger partial charge in [-0.1, -0.05) is 23.5 Å². The highest BCUT2D eigenvalue weighted by Crippen LogP contribution is 2.29. The first-order valence-corrected chi connectivity index (χ1v) is 8.40. The molecule has 0 aliphatic rings. The Labute approximate surface area is 147 Å². The Bertz CT molecular complexity index is 952. The van der Waals surface area contributed by atoms with Crippen LogP contribution in [0.3, 0.4) is 0 Å². The van der Waals surface area contributed by atoms with Crippen molar-refractivity contribution < 1.29 is 9.18 Å². The number of carbonyl (C=O) groups excluding carboxylic acids is 1. The molecule has 7 heteroatoms. The van der Waals surface area contributed by atoms with E-state index < -0.39 is 11.7 Å². The molecule has 1 aromatic heterocycles. The predicted molar refractivity (Wildman–Crippen MR) is 99.2 cm³/mol. The van der Waals surface area contributed by atoms with Gasteiger partial charge in [0.1, 0.15) is 5.82 Å². The van der Waals surface area contributed by atoms with Crippen LogP contribution in [0.2, 0.25) is 0 Å². The van der Waals surface area contributed by atoms with Gasteiger partial charge in [-0.3, -0.25) is 10.1 Å². The minimum absolute atomic E-state index is 0.123. The number of nitrogens with zero attached hydrogens (tertiary/aromatic N) is 1. The molecular formula is C17H14FN3OS2. The summed E-state index contributed by atoms with van der Waals surface area (Å²) < 4.78 is 14.2. The van der Waals surface area contributed by atoms with E-state index in [1.54, 1.807) is 0 Å². The SMILES string of the molecule is Cc1cc(C)c2nc(NC(=S)NC(=O)c3cccc(F)c3)sc2c1. The van der Waals surface area contributed by atoms with Crippen LogP contribution in [0, 0.1) is 19.7 Å². The number of anilines is 1. The lowest BCUT2D eigenvalue weighted by Crippen LogP contribution is -2.34. The third-order valence-corrected chi connectivity index (χ3v) is 4.49. The number of halogens is 1. The molecule has 1 amide bonds. The van der Waals surface area contributed by atoms with Gasteiger partial charge < -0.3 is 5.32 Å². The van der Waals surface area contributed by atoms with Crippen molar-refractivity contribution in [2.24, 2.45) is 0 Å². The van der Waals surface area contributed by atoms with Crippen molar-refractivity contribution in [3.63, 3.8) is 0 Å². The molecule has 0 aliphatic carbocycles. The first kappa shape index (κ1) is 16.5. The number of carbonyl (C=O) groups is 1. The van der Waals surface area contributed by atoms with Gasteiger partial charge >= 0.3 is 0 Å². The topological polar surface area (TPSA) is 54.0 Å². The summed E-state index contributed by atoms with van der Waals surface area (Å²) in [6, 6.07) is 9.54. The molecule has 0 radical (unpaired) electrons. The Hall–Kier alpha value is -2.38. The van der Waals surface area contributed by atoms with Crippen LogP contribution in [0.15, 0.2) is 36.4 Å². The van der Waals surface area contributed by atoms with Crippen molar-refractivity contribution in [3.8, 4) is 0 Å². The fraction of sp³-hybridized carbons (Fsp3) is 0.118. The summed E-state index contributed by atoms with van der Waals surface area (Å²) in [6.07, 6.45) is 0. The van der Waals surface area contributed by atoms with Crippen LogP contribution < -0.4 is 10.6 Å². The highest BCUT2D eigenvalue weighted by atomic mass is 32.1. The quantitative estimate of drug-likeness (QED) is 0.674. The molecule has 4 nitrogen and oxygen atoms in total. The maximum absolute atomic E-state index is 13.2. The van der Waals surface area contributed by atoms with Crippen LogP contribution in [0.4, 0.5) is 9.52 Å². The molecular weight excluding hydrogens is 345 g/mol. The van der Waals surface area contributed by atoms with E-state index in [2.05, 4.69) is 27.8 Å². The van der Waals surface area contributed by atoms with Gasteiger partial charge in [-0.05, 0) is 61.5 Å². The van der Waals surface area contributed by atoms with Crippen molar-refractivity contribution in [1.82, 2.24) is 10.3 Å². The Morgan fingerprint density at radius 2 is 2.04 bits per heavy atom. The standard InChI is InChI=1S/C17H14FN3OS2/c1-9-6-10(2)14-13(7-9)24-17(19-14)21-16(23)20-15(22)11-4-3-5-12(18)8-11/h3-8H,1-2H3,(H2,19,20,21,22,23). The van der Waals surface area contributed by atoms with E-state index in [4.69, 9.17) is 12.2 Å². The third-order valence-electron chi connectivity index (χ3n) is 3.36. The average molecular weight is 359 g/mol. The van der Waals surface area contributed by atoms with Crippen LogP contribution in [0.1, 0.15) is 21.5 Å². The van der Waals surface area contributed by atoms with Gasteiger partial charge in [-0.2, -0.15) is 0 Å². The molecule has 3 rings (SSSR count). The number of thiazole rings is 1. The maximum Gasteiger partial charge on any atom is 0.257 e. The number of fused-ring (bicyclic) bond motifs is 1. The number of nitrogens with one attached hydrogen (secondary N) is 2. The van der Waals surface area contributed by atoms with Gasteiger partial charge in [-0.25, -0.2) is 9.37 Å².